The zero-order valence-corrected chi connectivity index (χ0v) is 20.2. The molecule has 2 aromatic heterocycles. The molecular formula is C28H25N5O4. The van der Waals surface area contributed by atoms with Gasteiger partial charge in [-0.2, -0.15) is 0 Å². The van der Waals surface area contributed by atoms with Gasteiger partial charge in [0.15, 0.2) is 11.2 Å². The minimum Gasteiger partial charge on any atom is -0.457 e. The molecule has 9 heteroatoms. The van der Waals surface area contributed by atoms with Crippen LogP contribution in [0.5, 0.6) is 11.5 Å². The Morgan fingerprint density at radius 3 is 2.19 bits per heavy atom. The Hall–Kier alpha value is -4.92. The Kier molecular flexibility index (Phi) is 6.67. The third-order valence-corrected chi connectivity index (χ3v) is 5.93. The highest BCUT2D eigenvalue weighted by Gasteiger charge is 2.19. The first-order chi connectivity index (χ1) is 18.0. The van der Waals surface area contributed by atoms with E-state index in [0.717, 1.165) is 10.1 Å². The minimum absolute atomic E-state index is 0.224. The number of aryl methyl sites for hydroxylation is 1. The first-order valence-corrected chi connectivity index (χ1v) is 11.9. The van der Waals surface area contributed by atoms with Crippen molar-refractivity contribution >= 4 is 22.8 Å². The fourth-order valence-electron chi connectivity index (χ4n) is 4.10. The average Bonchev–Trinajstić information content (AvgIpc) is 3.36. The van der Waals surface area contributed by atoms with Gasteiger partial charge in [0.25, 0.3) is 5.56 Å². The van der Waals surface area contributed by atoms with Crippen LogP contribution in [-0.2, 0) is 24.4 Å². The molecule has 1 amide bonds. The van der Waals surface area contributed by atoms with E-state index in [2.05, 4.69) is 10.3 Å². The standard InChI is InChI=1S/C28H25N5O4/c1-2-31-19-29-26-25(31)27(35)33(28(36)32(26)17-20-9-5-3-6-10-20)18-24(34)30-21-13-15-23(16-14-21)37-22-11-7-4-8-12-22/h3-16,19H,2,17-18H2,1H3,(H,30,34). The molecule has 0 fully saturated rings. The molecule has 0 spiro atoms. The Balaban J connectivity index is 1.41. The molecule has 1 N–H and O–H groups in total. The lowest BCUT2D eigenvalue weighted by Gasteiger charge is -2.13. The molecule has 0 saturated carbocycles. The fraction of sp³-hybridized carbons (Fsp3) is 0.143. The smallest absolute Gasteiger partial charge is 0.333 e. The lowest BCUT2D eigenvalue weighted by molar-refractivity contribution is -0.116. The van der Waals surface area contributed by atoms with Gasteiger partial charge in [0, 0.05) is 12.2 Å². The zero-order chi connectivity index (χ0) is 25.8. The molecule has 0 bridgehead atoms. The third kappa shape index (κ3) is 5.06. The largest absolute Gasteiger partial charge is 0.457 e. The van der Waals surface area contributed by atoms with Crippen LogP contribution >= 0.6 is 0 Å². The number of carbonyl (C=O) groups excluding carboxylic acids is 1. The molecule has 0 radical (unpaired) electrons. The van der Waals surface area contributed by atoms with Crippen molar-refractivity contribution in [2.75, 3.05) is 5.32 Å². The molecule has 0 aliphatic carbocycles. The number of anilines is 1. The van der Waals surface area contributed by atoms with Crippen LogP contribution in [0.25, 0.3) is 11.2 Å². The summed E-state index contributed by atoms with van der Waals surface area (Å²) in [6.45, 7) is 2.18. The van der Waals surface area contributed by atoms with E-state index in [1.54, 1.807) is 28.8 Å². The number of para-hydroxylation sites is 1. The molecular weight excluding hydrogens is 470 g/mol. The summed E-state index contributed by atoms with van der Waals surface area (Å²) in [7, 11) is 0. The maximum Gasteiger partial charge on any atom is 0.333 e. The Morgan fingerprint density at radius 1 is 0.865 bits per heavy atom. The molecule has 0 aliphatic rings. The maximum absolute atomic E-state index is 13.4. The summed E-state index contributed by atoms with van der Waals surface area (Å²) in [5, 5.41) is 2.75. The second kappa shape index (κ2) is 10.4. The average molecular weight is 496 g/mol. The normalized spacial score (nSPS) is 10.9. The molecule has 9 nitrogen and oxygen atoms in total. The number of rotatable bonds is 8. The number of benzene rings is 3. The second-order valence-corrected chi connectivity index (χ2v) is 8.44. The van der Waals surface area contributed by atoms with E-state index in [1.165, 1.54) is 10.9 Å². The number of nitrogens with one attached hydrogen (secondary N) is 1. The zero-order valence-electron chi connectivity index (χ0n) is 20.2. The molecule has 0 atom stereocenters. The molecule has 5 aromatic rings. The number of ether oxygens (including phenoxy) is 1. The van der Waals surface area contributed by atoms with Crippen LogP contribution in [0.2, 0.25) is 0 Å². The number of hydrogen-bond acceptors (Lipinski definition) is 5. The topological polar surface area (TPSA) is 100 Å². The van der Waals surface area contributed by atoms with Gasteiger partial charge in [-0.1, -0.05) is 48.5 Å². The Labute approximate surface area is 212 Å². The van der Waals surface area contributed by atoms with Crippen molar-refractivity contribution in [1.29, 1.82) is 0 Å². The van der Waals surface area contributed by atoms with Crippen LogP contribution < -0.4 is 21.3 Å². The van der Waals surface area contributed by atoms with Crippen LogP contribution in [0.15, 0.2) is 101 Å². The van der Waals surface area contributed by atoms with Gasteiger partial charge in [-0.05, 0) is 48.9 Å². The lowest BCUT2D eigenvalue weighted by atomic mass is 10.2. The van der Waals surface area contributed by atoms with Crippen LogP contribution in [0.4, 0.5) is 5.69 Å². The van der Waals surface area contributed by atoms with Gasteiger partial charge < -0.3 is 14.6 Å². The van der Waals surface area contributed by atoms with Crippen molar-refractivity contribution < 1.29 is 9.53 Å². The van der Waals surface area contributed by atoms with Crippen molar-refractivity contribution in [2.45, 2.75) is 26.6 Å². The Morgan fingerprint density at radius 2 is 1.51 bits per heavy atom. The number of hydrogen-bond donors (Lipinski definition) is 1. The molecule has 186 valence electrons. The molecule has 37 heavy (non-hydrogen) atoms. The van der Waals surface area contributed by atoms with Crippen molar-refractivity contribution in [3.63, 3.8) is 0 Å². The van der Waals surface area contributed by atoms with E-state index in [4.69, 9.17) is 4.74 Å². The van der Waals surface area contributed by atoms with Crippen LogP contribution in [0, 0.1) is 0 Å². The predicted octanol–water partition coefficient (Wildman–Crippen LogP) is 3.86. The molecule has 0 aliphatic heterocycles. The van der Waals surface area contributed by atoms with E-state index in [0.29, 0.717) is 29.4 Å². The summed E-state index contributed by atoms with van der Waals surface area (Å²) in [5.74, 6) is 0.818. The molecule has 0 unspecified atom stereocenters. The number of fused-ring (bicyclic) bond motifs is 1. The summed E-state index contributed by atoms with van der Waals surface area (Å²) in [4.78, 5) is 43.9. The third-order valence-electron chi connectivity index (χ3n) is 5.93. The highest BCUT2D eigenvalue weighted by molar-refractivity contribution is 5.90. The van der Waals surface area contributed by atoms with E-state index >= 15 is 0 Å². The minimum atomic E-state index is -0.593. The predicted molar refractivity (Wildman–Crippen MR) is 141 cm³/mol. The first-order valence-electron chi connectivity index (χ1n) is 11.9. The number of amides is 1. The fourth-order valence-corrected chi connectivity index (χ4v) is 4.10. The molecule has 2 heterocycles. The molecule has 5 rings (SSSR count). The van der Waals surface area contributed by atoms with Gasteiger partial charge in [-0.15, -0.1) is 0 Å². The van der Waals surface area contributed by atoms with Crippen molar-refractivity contribution in [3.8, 4) is 11.5 Å². The highest BCUT2D eigenvalue weighted by Crippen LogP contribution is 2.22. The van der Waals surface area contributed by atoms with Crippen molar-refractivity contribution in [1.82, 2.24) is 18.7 Å². The molecule has 3 aromatic carbocycles. The molecule has 0 saturated heterocycles. The van der Waals surface area contributed by atoms with Gasteiger partial charge in [0.1, 0.15) is 18.0 Å². The van der Waals surface area contributed by atoms with Crippen LogP contribution in [-0.4, -0.2) is 24.6 Å². The summed E-state index contributed by atoms with van der Waals surface area (Å²) in [6, 6.07) is 25.6. The van der Waals surface area contributed by atoms with Gasteiger partial charge in [0.2, 0.25) is 5.91 Å². The second-order valence-electron chi connectivity index (χ2n) is 8.44. The summed E-state index contributed by atoms with van der Waals surface area (Å²) >= 11 is 0. The van der Waals surface area contributed by atoms with E-state index in [9.17, 15) is 14.4 Å². The van der Waals surface area contributed by atoms with E-state index in [-0.39, 0.29) is 12.1 Å². The number of nitrogens with zero attached hydrogens (tertiary/aromatic N) is 4. The highest BCUT2D eigenvalue weighted by atomic mass is 16.5. The first kappa shape index (κ1) is 23.8. The van der Waals surface area contributed by atoms with Crippen molar-refractivity contribution in [2.24, 2.45) is 0 Å². The number of aromatic nitrogens is 4. The van der Waals surface area contributed by atoms with Crippen molar-refractivity contribution in [3.05, 3.63) is 118 Å². The Bertz CT molecular complexity index is 1650. The number of carbonyl (C=O) groups is 1. The van der Waals surface area contributed by atoms with Gasteiger partial charge in [-0.3, -0.25) is 14.2 Å². The summed E-state index contributed by atoms with van der Waals surface area (Å²) in [6.07, 6.45) is 1.54. The summed E-state index contributed by atoms with van der Waals surface area (Å²) in [5.41, 5.74) is 0.835. The van der Waals surface area contributed by atoms with E-state index < -0.39 is 23.7 Å². The van der Waals surface area contributed by atoms with Gasteiger partial charge in [0.05, 0.1) is 12.9 Å². The monoisotopic (exact) mass is 495 g/mol. The lowest BCUT2D eigenvalue weighted by Crippen LogP contribution is -2.43. The quantitative estimate of drug-likeness (QED) is 0.352. The van der Waals surface area contributed by atoms with E-state index in [1.807, 2.05) is 67.6 Å². The van der Waals surface area contributed by atoms with Crippen LogP contribution in [0.3, 0.4) is 0 Å². The summed E-state index contributed by atoms with van der Waals surface area (Å²) < 4.78 is 9.84. The number of imidazole rings is 1. The van der Waals surface area contributed by atoms with Crippen LogP contribution in [0.1, 0.15) is 12.5 Å². The maximum atomic E-state index is 13.4. The van der Waals surface area contributed by atoms with Gasteiger partial charge >= 0.3 is 5.69 Å². The van der Waals surface area contributed by atoms with Gasteiger partial charge in [-0.25, -0.2) is 14.3 Å². The SMILES string of the molecule is CCn1cnc2c1c(=O)n(CC(=O)Nc1ccc(Oc3ccccc3)cc1)c(=O)n2Cc1ccccc1.